The summed E-state index contributed by atoms with van der Waals surface area (Å²) in [6.07, 6.45) is 1.36. The van der Waals surface area contributed by atoms with Gasteiger partial charge in [0.05, 0.1) is 6.61 Å². The van der Waals surface area contributed by atoms with E-state index >= 15 is 0 Å². The van der Waals surface area contributed by atoms with Crippen molar-refractivity contribution in [2.45, 2.75) is 39.2 Å². The number of carbonyl (C=O) groups is 1. The van der Waals surface area contributed by atoms with Gasteiger partial charge in [-0.2, -0.15) is 0 Å². The molecular weight excluding hydrogens is 304 g/mol. The first-order valence-corrected chi connectivity index (χ1v) is 7.80. The summed E-state index contributed by atoms with van der Waals surface area (Å²) in [6, 6.07) is 3.12. The lowest BCUT2D eigenvalue weighted by atomic mass is 9.99. The summed E-state index contributed by atoms with van der Waals surface area (Å²) in [5.74, 6) is -1.16. The summed E-state index contributed by atoms with van der Waals surface area (Å²) in [6.45, 7) is 6.83. The van der Waals surface area contributed by atoms with Crippen molar-refractivity contribution in [2.75, 3.05) is 19.7 Å². The Morgan fingerprint density at radius 1 is 1.35 bits per heavy atom. The van der Waals surface area contributed by atoms with E-state index < -0.39 is 17.2 Å². The predicted octanol–water partition coefficient (Wildman–Crippen LogP) is 3.99. The van der Waals surface area contributed by atoms with Crippen LogP contribution in [0.3, 0.4) is 0 Å². The highest BCUT2D eigenvalue weighted by atomic mass is 19.1. The van der Waals surface area contributed by atoms with E-state index in [1.165, 1.54) is 0 Å². The number of benzene rings is 1. The van der Waals surface area contributed by atoms with Crippen molar-refractivity contribution < 1.29 is 23.0 Å². The van der Waals surface area contributed by atoms with E-state index in [1.807, 2.05) is 20.8 Å². The maximum Gasteiger partial charge on any atom is 0.410 e. The number of halogens is 2. The van der Waals surface area contributed by atoms with Crippen LogP contribution in [0.4, 0.5) is 13.6 Å². The topological polar surface area (TPSA) is 38.8 Å². The first-order chi connectivity index (χ1) is 10.7. The van der Waals surface area contributed by atoms with Gasteiger partial charge in [-0.1, -0.05) is 0 Å². The summed E-state index contributed by atoms with van der Waals surface area (Å²) < 4.78 is 37.4. The molecule has 0 aliphatic carbocycles. The fourth-order valence-corrected chi connectivity index (χ4v) is 2.49. The number of likely N-dealkylation sites (tertiary alicyclic amines) is 1. The zero-order valence-corrected chi connectivity index (χ0v) is 13.8. The number of hydrogen-bond donors (Lipinski definition) is 0. The Hall–Kier alpha value is -1.85. The highest BCUT2D eigenvalue weighted by Crippen LogP contribution is 2.23. The quantitative estimate of drug-likeness (QED) is 0.842. The molecule has 0 N–H and O–H groups in total. The molecule has 1 amide bonds. The van der Waals surface area contributed by atoms with Gasteiger partial charge in [0.25, 0.3) is 0 Å². The van der Waals surface area contributed by atoms with Gasteiger partial charge in [-0.15, -0.1) is 0 Å². The molecule has 0 unspecified atom stereocenters. The van der Waals surface area contributed by atoms with E-state index in [0.717, 1.165) is 31.0 Å². The molecular formula is C17H23F2NO3. The largest absolute Gasteiger partial charge is 0.490 e. The van der Waals surface area contributed by atoms with E-state index in [0.29, 0.717) is 13.1 Å². The molecule has 1 heterocycles. The van der Waals surface area contributed by atoms with Gasteiger partial charge >= 0.3 is 6.09 Å². The molecule has 23 heavy (non-hydrogen) atoms. The summed E-state index contributed by atoms with van der Waals surface area (Å²) >= 11 is 0. The van der Waals surface area contributed by atoms with Gasteiger partial charge in [-0.05, 0) is 45.7 Å². The third kappa shape index (κ3) is 5.37. The van der Waals surface area contributed by atoms with Gasteiger partial charge < -0.3 is 14.4 Å². The fraction of sp³-hybridized carbons (Fsp3) is 0.588. The van der Waals surface area contributed by atoms with Crippen molar-refractivity contribution in [2.24, 2.45) is 5.92 Å². The second-order valence-electron chi connectivity index (χ2n) is 6.82. The molecule has 1 aromatic rings. The van der Waals surface area contributed by atoms with Crippen molar-refractivity contribution in [1.29, 1.82) is 0 Å². The second kappa shape index (κ2) is 7.15. The maximum absolute atomic E-state index is 13.5. The number of amides is 1. The molecule has 1 aromatic carbocycles. The van der Waals surface area contributed by atoms with Crippen LogP contribution < -0.4 is 4.74 Å². The van der Waals surface area contributed by atoms with Crippen LogP contribution >= 0.6 is 0 Å². The first-order valence-electron chi connectivity index (χ1n) is 7.80. The molecule has 1 aliphatic rings. The zero-order chi connectivity index (χ0) is 17.0. The van der Waals surface area contributed by atoms with Crippen LogP contribution in [0.1, 0.15) is 33.6 Å². The molecule has 1 atom stereocenters. The molecule has 1 aliphatic heterocycles. The number of piperidine rings is 1. The third-order valence-electron chi connectivity index (χ3n) is 3.54. The van der Waals surface area contributed by atoms with Gasteiger partial charge in [-0.3, -0.25) is 0 Å². The predicted molar refractivity (Wildman–Crippen MR) is 82.4 cm³/mol. The highest BCUT2D eigenvalue weighted by molar-refractivity contribution is 5.68. The van der Waals surface area contributed by atoms with Gasteiger partial charge in [0.1, 0.15) is 11.4 Å². The molecule has 4 nitrogen and oxygen atoms in total. The minimum atomic E-state index is -0.591. The molecule has 0 bridgehead atoms. The summed E-state index contributed by atoms with van der Waals surface area (Å²) in [5.41, 5.74) is -0.536. The van der Waals surface area contributed by atoms with Gasteiger partial charge in [0.15, 0.2) is 11.6 Å². The van der Waals surface area contributed by atoms with Crippen LogP contribution in [0.15, 0.2) is 18.2 Å². The first kappa shape index (κ1) is 17.5. The van der Waals surface area contributed by atoms with E-state index in [2.05, 4.69) is 0 Å². The Labute approximate surface area is 135 Å². The van der Waals surface area contributed by atoms with Crippen molar-refractivity contribution >= 4 is 6.09 Å². The lowest BCUT2D eigenvalue weighted by Crippen LogP contribution is -2.44. The second-order valence-corrected chi connectivity index (χ2v) is 6.82. The minimum Gasteiger partial charge on any atom is -0.490 e. The van der Waals surface area contributed by atoms with Crippen molar-refractivity contribution in [3.63, 3.8) is 0 Å². The number of hydrogen-bond acceptors (Lipinski definition) is 3. The summed E-state index contributed by atoms with van der Waals surface area (Å²) in [4.78, 5) is 13.7. The van der Waals surface area contributed by atoms with E-state index in [1.54, 1.807) is 4.90 Å². The Morgan fingerprint density at radius 2 is 2.09 bits per heavy atom. The molecule has 0 radical (unpaired) electrons. The van der Waals surface area contributed by atoms with Crippen LogP contribution in [-0.2, 0) is 4.74 Å². The van der Waals surface area contributed by atoms with E-state index in [-0.39, 0.29) is 24.4 Å². The van der Waals surface area contributed by atoms with Crippen molar-refractivity contribution in [3.05, 3.63) is 29.8 Å². The van der Waals surface area contributed by atoms with Crippen LogP contribution in [0.2, 0.25) is 0 Å². The molecule has 1 fully saturated rings. The number of rotatable bonds is 3. The van der Waals surface area contributed by atoms with Crippen LogP contribution in [0.5, 0.6) is 5.75 Å². The Kier molecular flexibility index (Phi) is 5.44. The molecule has 0 saturated carbocycles. The number of ether oxygens (including phenoxy) is 2. The van der Waals surface area contributed by atoms with Crippen LogP contribution in [0, 0.1) is 17.6 Å². The highest BCUT2D eigenvalue weighted by Gasteiger charge is 2.28. The molecule has 1 saturated heterocycles. The lowest BCUT2D eigenvalue weighted by molar-refractivity contribution is 0.0138. The van der Waals surface area contributed by atoms with Crippen LogP contribution in [-0.4, -0.2) is 36.3 Å². The van der Waals surface area contributed by atoms with Crippen molar-refractivity contribution in [1.82, 2.24) is 4.90 Å². The van der Waals surface area contributed by atoms with E-state index in [9.17, 15) is 13.6 Å². The summed E-state index contributed by atoms with van der Waals surface area (Å²) in [5, 5.41) is 0. The zero-order valence-electron chi connectivity index (χ0n) is 13.8. The smallest absolute Gasteiger partial charge is 0.410 e. The van der Waals surface area contributed by atoms with Gasteiger partial charge in [-0.25, -0.2) is 13.6 Å². The number of carbonyl (C=O) groups excluding carboxylic acids is 1. The van der Waals surface area contributed by atoms with E-state index in [4.69, 9.17) is 9.47 Å². The average molecular weight is 327 g/mol. The van der Waals surface area contributed by atoms with Crippen molar-refractivity contribution in [3.8, 4) is 5.75 Å². The number of nitrogens with zero attached hydrogens (tertiary/aromatic N) is 1. The molecule has 6 heteroatoms. The van der Waals surface area contributed by atoms with Crippen LogP contribution in [0.25, 0.3) is 0 Å². The SMILES string of the molecule is CC(C)(C)OC(=O)N1CCC[C@H](COc2cc(F)ccc2F)C1. The molecule has 0 spiro atoms. The summed E-state index contributed by atoms with van der Waals surface area (Å²) in [7, 11) is 0. The standard InChI is InChI=1S/C17H23F2NO3/c1-17(2,3)23-16(21)20-8-4-5-12(10-20)11-22-15-9-13(18)6-7-14(15)19/h6-7,9,12H,4-5,8,10-11H2,1-3H3/t12-/m0/s1. The third-order valence-corrected chi connectivity index (χ3v) is 3.54. The maximum atomic E-state index is 13.5. The lowest BCUT2D eigenvalue weighted by Gasteiger charge is -2.34. The Balaban J connectivity index is 1.89. The molecule has 2 rings (SSSR count). The van der Waals surface area contributed by atoms with Gasteiger partial charge in [0, 0.05) is 25.1 Å². The Morgan fingerprint density at radius 3 is 2.78 bits per heavy atom. The molecule has 0 aromatic heterocycles. The average Bonchev–Trinajstić information content (AvgIpc) is 2.47. The van der Waals surface area contributed by atoms with Gasteiger partial charge in [0.2, 0.25) is 0 Å². The normalized spacial score (nSPS) is 18.7. The monoisotopic (exact) mass is 327 g/mol. The Bertz CT molecular complexity index is 557. The molecule has 128 valence electrons. The minimum absolute atomic E-state index is 0.0685. The fourth-order valence-electron chi connectivity index (χ4n) is 2.49.